The maximum absolute atomic E-state index is 5.93. The van der Waals surface area contributed by atoms with Gasteiger partial charge in [0.1, 0.15) is 5.60 Å². The Morgan fingerprint density at radius 3 is 2.75 bits per heavy atom. The van der Waals surface area contributed by atoms with Crippen LogP contribution in [0, 0.1) is 0 Å². The third-order valence-electron chi connectivity index (χ3n) is 3.81. The molecule has 1 N–H and O–H groups in total. The van der Waals surface area contributed by atoms with Crippen LogP contribution in [0.1, 0.15) is 51.7 Å². The number of hydrogen-bond donors (Lipinski definition) is 1. The van der Waals surface area contributed by atoms with Gasteiger partial charge in [0.05, 0.1) is 6.54 Å². The summed E-state index contributed by atoms with van der Waals surface area (Å²) in [5.41, 5.74) is -0.439. The highest BCUT2D eigenvalue weighted by molar-refractivity contribution is 5.03. The Bertz CT molecular complexity index is 397. The van der Waals surface area contributed by atoms with Crippen molar-refractivity contribution in [3.8, 4) is 0 Å². The molecule has 1 fully saturated rings. The Morgan fingerprint density at radius 1 is 1.35 bits per heavy atom. The van der Waals surface area contributed by atoms with E-state index in [0.717, 1.165) is 19.3 Å². The molecule has 0 aromatic carbocycles. The fourth-order valence-corrected chi connectivity index (χ4v) is 2.33. The van der Waals surface area contributed by atoms with Crippen molar-refractivity contribution in [2.24, 2.45) is 0 Å². The molecule has 0 spiro atoms. The van der Waals surface area contributed by atoms with Gasteiger partial charge in [-0.3, -0.25) is 0 Å². The standard InChI is InChI=1S/C14H25N3O3/c1-4-11(3)15-10-12-16-13(17-20-12)14(19-5-2)6-8-18-9-7-14/h11,15H,4-10H2,1-3H3. The summed E-state index contributed by atoms with van der Waals surface area (Å²) in [5.74, 6) is 1.27. The Balaban J connectivity index is 2.04. The number of nitrogens with zero attached hydrogens (tertiary/aromatic N) is 2. The molecule has 0 aliphatic carbocycles. The van der Waals surface area contributed by atoms with Crippen LogP contribution in [0.3, 0.4) is 0 Å². The van der Waals surface area contributed by atoms with E-state index in [4.69, 9.17) is 14.0 Å². The smallest absolute Gasteiger partial charge is 0.240 e. The molecule has 1 atom stereocenters. The third-order valence-corrected chi connectivity index (χ3v) is 3.81. The molecule has 1 aliphatic heterocycles. The monoisotopic (exact) mass is 283 g/mol. The van der Waals surface area contributed by atoms with Crippen LogP contribution in [0.5, 0.6) is 0 Å². The van der Waals surface area contributed by atoms with Crippen LogP contribution in [-0.4, -0.2) is 36.0 Å². The lowest BCUT2D eigenvalue weighted by molar-refractivity contribution is -0.118. The van der Waals surface area contributed by atoms with Crippen molar-refractivity contribution < 1.29 is 14.0 Å². The van der Waals surface area contributed by atoms with Gasteiger partial charge in [-0.15, -0.1) is 0 Å². The highest BCUT2D eigenvalue weighted by Gasteiger charge is 2.39. The molecule has 0 saturated carbocycles. The zero-order valence-corrected chi connectivity index (χ0v) is 12.6. The zero-order chi connectivity index (χ0) is 14.4. The molecule has 20 heavy (non-hydrogen) atoms. The van der Waals surface area contributed by atoms with E-state index in [9.17, 15) is 0 Å². The minimum absolute atomic E-state index is 0.439. The highest BCUT2D eigenvalue weighted by Crippen LogP contribution is 2.34. The Kier molecular flexibility index (Phi) is 5.51. The summed E-state index contributed by atoms with van der Waals surface area (Å²) in [7, 11) is 0. The van der Waals surface area contributed by atoms with Gasteiger partial charge in [0.15, 0.2) is 0 Å². The van der Waals surface area contributed by atoms with E-state index in [1.165, 1.54) is 0 Å². The summed E-state index contributed by atoms with van der Waals surface area (Å²) in [4.78, 5) is 4.51. The van der Waals surface area contributed by atoms with E-state index >= 15 is 0 Å². The summed E-state index contributed by atoms with van der Waals surface area (Å²) in [6, 6.07) is 0.439. The molecule has 114 valence electrons. The first-order chi connectivity index (χ1) is 9.70. The SMILES string of the molecule is CCOC1(c2noc(CNC(C)CC)n2)CCOCC1. The van der Waals surface area contributed by atoms with Gasteiger partial charge >= 0.3 is 0 Å². The van der Waals surface area contributed by atoms with Gasteiger partial charge in [-0.2, -0.15) is 4.98 Å². The van der Waals surface area contributed by atoms with E-state index in [1.54, 1.807) is 0 Å². The topological polar surface area (TPSA) is 69.4 Å². The Hall–Kier alpha value is -0.980. The van der Waals surface area contributed by atoms with Crippen LogP contribution in [-0.2, 0) is 21.6 Å². The van der Waals surface area contributed by atoms with Gasteiger partial charge < -0.3 is 19.3 Å². The van der Waals surface area contributed by atoms with Gasteiger partial charge in [0.25, 0.3) is 0 Å². The Labute approximate surface area is 120 Å². The maximum atomic E-state index is 5.93. The van der Waals surface area contributed by atoms with Crippen molar-refractivity contribution >= 4 is 0 Å². The van der Waals surface area contributed by atoms with Crippen LogP contribution in [0.25, 0.3) is 0 Å². The number of nitrogens with one attached hydrogen (secondary N) is 1. The molecule has 1 aliphatic rings. The minimum Gasteiger partial charge on any atom is -0.381 e. The van der Waals surface area contributed by atoms with Gasteiger partial charge in [0, 0.05) is 38.7 Å². The lowest BCUT2D eigenvalue weighted by atomic mass is 9.93. The van der Waals surface area contributed by atoms with Crippen LogP contribution in [0.2, 0.25) is 0 Å². The van der Waals surface area contributed by atoms with Gasteiger partial charge in [0.2, 0.25) is 11.7 Å². The molecule has 6 heteroatoms. The molecular weight excluding hydrogens is 258 g/mol. The normalized spacial score (nSPS) is 19.9. The average molecular weight is 283 g/mol. The fraction of sp³-hybridized carbons (Fsp3) is 0.857. The van der Waals surface area contributed by atoms with E-state index in [2.05, 4.69) is 29.3 Å². The number of aromatic nitrogens is 2. The van der Waals surface area contributed by atoms with Crippen LogP contribution in [0.4, 0.5) is 0 Å². The molecule has 1 aromatic heterocycles. The van der Waals surface area contributed by atoms with Gasteiger partial charge in [-0.1, -0.05) is 12.1 Å². The first-order valence-electron chi connectivity index (χ1n) is 7.48. The molecule has 6 nitrogen and oxygen atoms in total. The second-order valence-electron chi connectivity index (χ2n) is 5.24. The molecule has 0 bridgehead atoms. The quantitative estimate of drug-likeness (QED) is 0.825. The second-order valence-corrected chi connectivity index (χ2v) is 5.24. The van der Waals surface area contributed by atoms with Gasteiger partial charge in [-0.25, -0.2) is 0 Å². The third kappa shape index (κ3) is 3.56. The molecule has 2 heterocycles. The molecule has 1 aromatic rings. The van der Waals surface area contributed by atoms with Gasteiger partial charge in [-0.05, 0) is 20.3 Å². The van der Waals surface area contributed by atoms with Crippen LogP contribution >= 0.6 is 0 Å². The summed E-state index contributed by atoms with van der Waals surface area (Å²) in [6.07, 6.45) is 2.62. The first kappa shape index (κ1) is 15.4. The fourth-order valence-electron chi connectivity index (χ4n) is 2.33. The second kappa shape index (κ2) is 7.15. The van der Waals surface area contributed by atoms with E-state index < -0.39 is 5.60 Å². The molecule has 1 unspecified atom stereocenters. The summed E-state index contributed by atoms with van der Waals surface area (Å²) >= 11 is 0. The average Bonchev–Trinajstić information content (AvgIpc) is 2.95. The number of hydrogen-bond acceptors (Lipinski definition) is 6. The number of rotatable bonds is 7. The van der Waals surface area contributed by atoms with Crippen molar-refractivity contribution in [3.05, 3.63) is 11.7 Å². The zero-order valence-electron chi connectivity index (χ0n) is 12.6. The summed E-state index contributed by atoms with van der Waals surface area (Å²) in [5, 5.41) is 7.48. The Morgan fingerprint density at radius 2 is 2.10 bits per heavy atom. The van der Waals surface area contributed by atoms with E-state index in [1.807, 2.05) is 6.92 Å². The predicted octanol–water partition coefficient (Wildman–Crippen LogP) is 2.00. The maximum Gasteiger partial charge on any atom is 0.240 e. The largest absolute Gasteiger partial charge is 0.381 e. The molecule has 2 rings (SSSR count). The van der Waals surface area contributed by atoms with Crippen molar-refractivity contribution in [2.75, 3.05) is 19.8 Å². The van der Waals surface area contributed by atoms with Crippen molar-refractivity contribution in [2.45, 2.75) is 58.2 Å². The lowest BCUT2D eigenvalue weighted by Crippen LogP contribution is -2.37. The highest BCUT2D eigenvalue weighted by atomic mass is 16.5. The van der Waals surface area contributed by atoms with E-state index in [-0.39, 0.29) is 0 Å². The first-order valence-corrected chi connectivity index (χ1v) is 7.48. The molecule has 0 amide bonds. The molecular formula is C14H25N3O3. The summed E-state index contributed by atoms with van der Waals surface area (Å²) < 4.78 is 16.7. The van der Waals surface area contributed by atoms with Crippen LogP contribution in [0.15, 0.2) is 4.52 Å². The summed E-state index contributed by atoms with van der Waals surface area (Å²) in [6.45, 7) is 8.85. The minimum atomic E-state index is -0.439. The molecule has 0 radical (unpaired) electrons. The lowest BCUT2D eigenvalue weighted by Gasteiger charge is -2.33. The number of ether oxygens (including phenoxy) is 2. The molecule has 1 saturated heterocycles. The van der Waals surface area contributed by atoms with Crippen molar-refractivity contribution in [3.63, 3.8) is 0 Å². The van der Waals surface area contributed by atoms with Crippen molar-refractivity contribution in [1.82, 2.24) is 15.5 Å². The van der Waals surface area contributed by atoms with E-state index in [0.29, 0.717) is 44.1 Å². The van der Waals surface area contributed by atoms with Crippen molar-refractivity contribution in [1.29, 1.82) is 0 Å². The predicted molar refractivity (Wildman–Crippen MR) is 74.2 cm³/mol. The van der Waals surface area contributed by atoms with Crippen LogP contribution < -0.4 is 5.32 Å².